The number of aromatic nitrogens is 2. The normalized spacial score (nSPS) is 20.2. The molecule has 0 amide bonds. The largest absolute Gasteiger partial charge is 0.355 e. The molecular weight excluding hydrogens is 360 g/mol. The first-order valence-electron chi connectivity index (χ1n) is 9.28. The minimum Gasteiger partial charge on any atom is -0.355 e. The predicted octanol–water partition coefficient (Wildman–Crippen LogP) is 4.83. The van der Waals surface area contributed by atoms with Crippen molar-refractivity contribution in [3.63, 3.8) is 0 Å². The lowest BCUT2D eigenvalue weighted by molar-refractivity contribution is 0.207. The van der Waals surface area contributed by atoms with Crippen LogP contribution in [0.2, 0.25) is 0 Å². The number of para-hydroxylation sites is 2. The minimum atomic E-state index is 0.357. The average Bonchev–Trinajstić information content (AvgIpc) is 3.33. The summed E-state index contributed by atoms with van der Waals surface area (Å²) in [5.41, 5.74) is 2.31. The van der Waals surface area contributed by atoms with E-state index in [9.17, 15) is 0 Å². The monoisotopic (exact) mass is 382 g/mol. The van der Waals surface area contributed by atoms with E-state index in [2.05, 4.69) is 31.7 Å². The highest BCUT2D eigenvalue weighted by molar-refractivity contribution is 7.99. The molecule has 4 heterocycles. The van der Waals surface area contributed by atoms with Crippen molar-refractivity contribution in [1.29, 1.82) is 0 Å². The van der Waals surface area contributed by atoms with Crippen molar-refractivity contribution in [2.45, 2.75) is 35.4 Å². The van der Waals surface area contributed by atoms with Gasteiger partial charge in [0.2, 0.25) is 0 Å². The highest BCUT2D eigenvalue weighted by atomic mass is 32.2. The lowest BCUT2D eigenvalue weighted by Gasteiger charge is -2.44. The molecule has 0 N–H and O–H groups in total. The maximum atomic E-state index is 4.84. The Kier molecular flexibility index (Phi) is 4.35. The Morgan fingerprint density at radius 2 is 1.81 bits per heavy atom. The third-order valence-electron chi connectivity index (χ3n) is 5.68. The fourth-order valence-electron chi connectivity index (χ4n) is 4.23. The number of fused-ring (bicyclic) bond motifs is 1. The average molecular weight is 383 g/mol. The van der Waals surface area contributed by atoms with Gasteiger partial charge in [0.05, 0.1) is 21.4 Å². The molecule has 0 unspecified atom stereocenters. The zero-order valence-electron chi connectivity index (χ0n) is 14.7. The van der Waals surface area contributed by atoms with E-state index in [0.717, 1.165) is 29.9 Å². The number of benzene rings is 1. The van der Waals surface area contributed by atoms with Crippen LogP contribution in [0.25, 0.3) is 11.0 Å². The second kappa shape index (κ2) is 6.83. The minimum absolute atomic E-state index is 0.357. The van der Waals surface area contributed by atoms with Gasteiger partial charge in [0.25, 0.3) is 0 Å². The molecule has 0 saturated carbocycles. The van der Waals surface area contributed by atoms with Crippen LogP contribution in [0.5, 0.6) is 0 Å². The summed E-state index contributed by atoms with van der Waals surface area (Å²) < 4.78 is 4.08. The summed E-state index contributed by atoms with van der Waals surface area (Å²) in [4.78, 5) is 11.8. The molecule has 0 bridgehead atoms. The zero-order valence-corrected chi connectivity index (χ0v) is 16.3. The molecule has 134 valence electrons. The van der Waals surface area contributed by atoms with Gasteiger partial charge in [0.15, 0.2) is 0 Å². The standard InChI is InChI=1S/C20H22N4S2/c1-2-6-17-16(5-1)21-15-18(22-17)23-12-9-20(10-13-23)8-4-11-24(20)26-19-7-3-14-25-19/h1-3,5-7,14-15H,4,8-13H2. The Morgan fingerprint density at radius 3 is 2.62 bits per heavy atom. The second-order valence-corrected chi connectivity index (χ2v) is 9.43. The first-order valence-corrected chi connectivity index (χ1v) is 10.9. The fraction of sp³-hybridized carbons (Fsp3) is 0.400. The first-order chi connectivity index (χ1) is 12.8. The third-order valence-corrected chi connectivity index (χ3v) is 7.96. The van der Waals surface area contributed by atoms with Crippen LogP contribution >= 0.6 is 23.3 Å². The molecule has 2 aliphatic heterocycles. The summed E-state index contributed by atoms with van der Waals surface area (Å²) in [7, 11) is 0. The smallest absolute Gasteiger partial charge is 0.147 e. The van der Waals surface area contributed by atoms with Crippen molar-refractivity contribution in [2.24, 2.45) is 0 Å². The van der Waals surface area contributed by atoms with Crippen molar-refractivity contribution in [3.05, 3.63) is 48.0 Å². The van der Waals surface area contributed by atoms with E-state index in [1.165, 1.54) is 36.4 Å². The molecule has 2 aromatic heterocycles. The number of hydrogen-bond donors (Lipinski definition) is 0. The number of thiophene rings is 1. The van der Waals surface area contributed by atoms with Crippen LogP contribution in [-0.4, -0.2) is 39.4 Å². The van der Waals surface area contributed by atoms with Crippen molar-refractivity contribution < 1.29 is 0 Å². The molecule has 0 radical (unpaired) electrons. The summed E-state index contributed by atoms with van der Waals surface area (Å²) >= 11 is 3.82. The highest BCUT2D eigenvalue weighted by Crippen LogP contribution is 2.45. The first kappa shape index (κ1) is 16.5. The molecule has 6 heteroatoms. The zero-order chi connectivity index (χ0) is 17.4. The van der Waals surface area contributed by atoms with E-state index >= 15 is 0 Å². The van der Waals surface area contributed by atoms with Gasteiger partial charge in [0.1, 0.15) is 5.82 Å². The molecule has 5 rings (SSSR count). The summed E-state index contributed by atoms with van der Waals surface area (Å²) in [6.07, 6.45) is 6.99. The molecule has 1 spiro atoms. The molecule has 2 fully saturated rings. The number of rotatable bonds is 3. The van der Waals surface area contributed by atoms with Crippen LogP contribution < -0.4 is 4.90 Å². The van der Waals surface area contributed by atoms with Gasteiger partial charge in [-0.25, -0.2) is 9.29 Å². The van der Waals surface area contributed by atoms with Gasteiger partial charge >= 0.3 is 0 Å². The number of piperidine rings is 1. The Bertz CT molecular complexity index is 888. The highest BCUT2D eigenvalue weighted by Gasteiger charge is 2.44. The van der Waals surface area contributed by atoms with E-state index < -0.39 is 0 Å². The van der Waals surface area contributed by atoms with Gasteiger partial charge in [-0.05, 0) is 61.2 Å². The van der Waals surface area contributed by atoms with Crippen molar-refractivity contribution in [2.75, 3.05) is 24.5 Å². The van der Waals surface area contributed by atoms with Crippen LogP contribution in [0.3, 0.4) is 0 Å². The molecule has 0 atom stereocenters. The van der Waals surface area contributed by atoms with E-state index in [-0.39, 0.29) is 0 Å². The van der Waals surface area contributed by atoms with Crippen molar-refractivity contribution in [1.82, 2.24) is 14.3 Å². The van der Waals surface area contributed by atoms with E-state index in [0.29, 0.717) is 5.54 Å². The maximum Gasteiger partial charge on any atom is 0.147 e. The van der Waals surface area contributed by atoms with Crippen LogP contribution in [0.1, 0.15) is 25.7 Å². The fourth-order valence-corrected chi connectivity index (χ4v) is 6.33. The number of hydrogen-bond acceptors (Lipinski definition) is 6. The van der Waals surface area contributed by atoms with Gasteiger partial charge in [-0.3, -0.25) is 4.98 Å². The number of nitrogens with zero attached hydrogens (tertiary/aromatic N) is 4. The van der Waals surface area contributed by atoms with Crippen LogP contribution in [0, 0.1) is 0 Å². The Hall–Kier alpha value is -1.63. The van der Waals surface area contributed by atoms with Crippen molar-refractivity contribution in [3.8, 4) is 0 Å². The van der Waals surface area contributed by atoms with E-state index in [4.69, 9.17) is 4.98 Å². The molecule has 2 aliphatic rings. The second-order valence-electron chi connectivity index (χ2n) is 7.16. The van der Waals surface area contributed by atoms with Gasteiger partial charge in [-0.1, -0.05) is 18.2 Å². The molecular formula is C20H22N4S2. The summed E-state index contributed by atoms with van der Waals surface area (Å²) in [6.45, 7) is 3.33. The van der Waals surface area contributed by atoms with Crippen LogP contribution in [0.15, 0.2) is 52.2 Å². The quantitative estimate of drug-likeness (QED) is 0.606. The van der Waals surface area contributed by atoms with Gasteiger partial charge in [-0.15, -0.1) is 11.3 Å². The molecule has 0 aliphatic carbocycles. The Morgan fingerprint density at radius 1 is 0.962 bits per heavy atom. The maximum absolute atomic E-state index is 4.84. The SMILES string of the molecule is c1csc(SN2CCCC23CCN(c2cnc4ccccc4n2)CC3)c1. The molecule has 1 aromatic carbocycles. The summed E-state index contributed by atoms with van der Waals surface area (Å²) in [5.74, 6) is 1.02. The van der Waals surface area contributed by atoms with Gasteiger partial charge in [0, 0.05) is 25.2 Å². The van der Waals surface area contributed by atoms with Crippen LogP contribution in [0.4, 0.5) is 5.82 Å². The summed E-state index contributed by atoms with van der Waals surface area (Å²) in [5, 5.41) is 2.17. The Labute approximate surface area is 162 Å². The van der Waals surface area contributed by atoms with Gasteiger partial charge < -0.3 is 4.90 Å². The molecule has 3 aromatic rings. The Balaban J connectivity index is 1.31. The van der Waals surface area contributed by atoms with Crippen LogP contribution in [-0.2, 0) is 0 Å². The topological polar surface area (TPSA) is 32.3 Å². The van der Waals surface area contributed by atoms with E-state index in [1.54, 1.807) is 0 Å². The predicted molar refractivity (Wildman–Crippen MR) is 110 cm³/mol. The molecule has 4 nitrogen and oxygen atoms in total. The molecule has 2 saturated heterocycles. The van der Waals surface area contributed by atoms with Crippen molar-refractivity contribution >= 4 is 40.1 Å². The summed E-state index contributed by atoms with van der Waals surface area (Å²) in [6, 6.07) is 12.5. The lowest BCUT2D eigenvalue weighted by Crippen LogP contribution is -2.50. The number of anilines is 1. The van der Waals surface area contributed by atoms with E-state index in [1.807, 2.05) is 53.7 Å². The van der Waals surface area contributed by atoms with Gasteiger partial charge in [-0.2, -0.15) is 0 Å². The molecule has 26 heavy (non-hydrogen) atoms. The third kappa shape index (κ3) is 3.00. The lowest BCUT2D eigenvalue weighted by atomic mass is 9.86.